The van der Waals surface area contributed by atoms with E-state index < -0.39 is 0 Å². The van der Waals surface area contributed by atoms with Gasteiger partial charge in [-0.15, -0.1) is 0 Å². The third-order valence-corrected chi connectivity index (χ3v) is 3.26. The van der Waals surface area contributed by atoms with E-state index in [1.165, 1.54) is 5.56 Å². The molecule has 0 aliphatic carbocycles. The minimum atomic E-state index is 0.0481. The molecule has 0 saturated carbocycles. The SMILES string of the molecule is CNCCCC(N)c1cc(C(C)C)ccc1OC. The fourth-order valence-corrected chi connectivity index (χ4v) is 2.06. The van der Waals surface area contributed by atoms with Crippen molar-refractivity contribution >= 4 is 0 Å². The predicted molar refractivity (Wildman–Crippen MR) is 77.2 cm³/mol. The highest BCUT2D eigenvalue weighted by molar-refractivity contribution is 5.40. The van der Waals surface area contributed by atoms with E-state index in [9.17, 15) is 0 Å². The van der Waals surface area contributed by atoms with Gasteiger partial charge in [0.05, 0.1) is 7.11 Å². The van der Waals surface area contributed by atoms with E-state index in [1.807, 2.05) is 13.1 Å². The summed E-state index contributed by atoms with van der Waals surface area (Å²) in [5, 5.41) is 3.15. The maximum atomic E-state index is 6.27. The second kappa shape index (κ2) is 7.39. The topological polar surface area (TPSA) is 47.3 Å². The fourth-order valence-electron chi connectivity index (χ4n) is 2.06. The lowest BCUT2D eigenvalue weighted by Gasteiger charge is -2.18. The molecule has 0 aliphatic heterocycles. The molecule has 18 heavy (non-hydrogen) atoms. The molecule has 102 valence electrons. The van der Waals surface area contributed by atoms with Crippen molar-refractivity contribution < 1.29 is 4.74 Å². The zero-order valence-electron chi connectivity index (χ0n) is 12.0. The highest BCUT2D eigenvalue weighted by atomic mass is 16.5. The van der Waals surface area contributed by atoms with E-state index in [1.54, 1.807) is 7.11 Å². The van der Waals surface area contributed by atoms with E-state index in [4.69, 9.17) is 10.5 Å². The van der Waals surface area contributed by atoms with Crippen LogP contribution in [0.3, 0.4) is 0 Å². The predicted octanol–water partition coefficient (Wildman–Crippen LogP) is 2.82. The van der Waals surface area contributed by atoms with Crippen molar-refractivity contribution in [3.05, 3.63) is 29.3 Å². The summed E-state index contributed by atoms with van der Waals surface area (Å²) in [5.74, 6) is 1.41. The number of ether oxygens (including phenoxy) is 1. The van der Waals surface area contributed by atoms with Crippen LogP contribution in [0.1, 0.15) is 49.8 Å². The van der Waals surface area contributed by atoms with E-state index in [0.717, 1.165) is 30.7 Å². The number of hydrogen-bond acceptors (Lipinski definition) is 3. The van der Waals surface area contributed by atoms with Crippen LogP contribution in [0.5, 0.6) is 5.75 Å². The van der Waals surface area contributed by atoms with Crippen LogP contribution in [-0.4, -0.2) is 20.7 Å². The Kier molecular flexibility index (Phi) is 6.16. The van der Waals surface area contributed by atoms with Crippen molar-refractivity contribution in [2.75, 3.05) is 20.7 Å². The molecule has 0 radical (unpaired) electrons. The summed E-state index contributed by atoms with van der Waals surface area (Å²) < 4.78 is 5.41. The monoisotopic (exact) mass is 250 g/mol. The van der Waals surface area contributed by atoms with Crippen LogP contribution in [-0.2, 0) is 0 Å². The van der Waals surface area contributed by atoms with Crippen LogP contribution in [0, 0.1) is 0 Å². The molecule has 1 aromatic rings. The van der Waals surface area contributed by atoms with E-state index in [-0.39, 0.29) is 6.04 Å². The van der Waals surface area contributed by atoms with Crippen LogP contribution in [0.25, 0.3) is 0 Å². The van der Waals surface area contributed by atoms with Gasteiger partial charge in [0.15, 0.2) is 0 Å². The van der Waals surface area contributed by atoms with Crippen LogP contribution >= 0.6 is 0 Å². The normalized spacial score (nSPS) is 12.8. The van der Waals surface area contributed by atoms with Gasteiger partial charge in [-0.05, 0) is 44.0 Å². The molecule has 0 heterocycles. The Morgan fingerprint density at radius 1 is 1.33 bits per heavy atom. The molecular formula is C15H26N2O. The highest BCUT2D eigenvalue weighted by Crippen LogP contribution is 2.29. The molecule has 0 fully saturated rings. The smallest absolute Gasteiger partial charge is 0.123 e. The lowest BCUT2D eigenvalue weighted by molar-refractivity contribution is 0.403. The highest BCUT2D eigenvalue weighted by Gasteiger charge is 2.13. The van der Waals surface area contributed by atoms with Gasteiger partial charge < -0.3 is 15.8 Å². The second-order valence-electron chi connectivity index (χ2n) is 5.01. The zero-order valence-corrected chi connectivity index (χ0v) is 12.0. The van der Waals surface area contributed by atoms with E-state index in [2.05, 4.69) is 31.3 Å². The second-order valence-corrected chi connectivity index (χ2v) is 5.01. The minimum Gasteiger partial charge on any atom is -0.496 e. The first-order chi connectivity index (χ1) is 8.60. The zero-order chi connectivity index (χ0) is 13.5. The summed E-state index contributed by atoms with van der Waals surface area (Å²) in [4.78, 5) is 0. The maximum Gasteiger partial charge on any atom is 0.123 e. The lowest BCUT2D eigenvalue weighted by atomic mass is 9.95. The van der Waals surface area contributed by atoms with Crippen LogP contribution in [0.15, 0.2) is 18.2 Å². The van der Waals surface area contributed by atoms with Gasteiger partial charge in [0.2, 0.25) is 0 Å². The molecule has 0 bridgehead atoms. The van der Waals surface area contributed by atoms with Gasteiger partial charge in [0, 0.05) is 11.6 Å². The fraction of sp³-hybridized carbons (Fsp3) is 0.600. The third kappa shape index (κ3) is 4.00. The van der Waals surface area contributed by atoms with Gasteiger partial charge in [0.25, 0.3) is 0 Å². The van der Waals surface area contributed by atoms with Crippen molar-refractivity contribution in [1.82, 2.24) is 5.32 Å². The number of methoxy groups -OCH3 is 1. The van der Waals surface area contributed by atoms with E-state index in [0.29, 0.717) is 5.92 Å². The van der Waals surface area contributed by atoms with E-state index >= 15 is 0 Å². The van der Waals surface area contributed by atoms with Crippen molar-refractivity contribution in [2.45, 2.75) is 38.6 Å². The number of benzene rings is 1. The average Bonchev–Trinajstić information content (AvgIpc) is 2.38. The third-order valence-electron chi connectivity index (χ3n) is 3.26. The average molecular weight is 250 g/mol. The maximum absolute atomic E-state index is 6.27. The molecule has 3 heteroatoms. The summed E-state index contributed by atoms with van der Waals surface area (Å²) in [5.41, 5.74) is 8.71. The van der Waals surface area contributed by atoms with Gasteiger partial charge in [-0.1, -0.05) is 26.0 Å². The number of rotatable bonds is 7. The molecule has 3 N–H and O–H groups in total. The summed E-state index contributed by atoms with van der Waals surface area (Å²) in [6, 6.07) is 6.38. The molecular weight excluding hydrogens is 224 g/mol. The Bertz CT molecular complexity index is 364. The summed E-state index contributed by atoms with van der Waals surface area (Å²) in [6.45, 7) is 5.39. The van der Waals surface area contributed by atoms with Gasteiger partial charge >= 0.3 is 0 Å². The number of nitrogens with two attached hydrogens (primary N) is 1. The Morgan fingerprint density at radius 2 is 2.06 bits per heavy atom. The molecule has 1 unspecified atom stereocenters. The van der Waals surface area contributed by atoms with Crippen LogP contribution < -0.4 is 15.8 Å². The van der Waals surface area contributed by atoms with Crippen molar-refractivity contribution in [3.63, 3.8) is 0 Å². The molecule has 0 saturated heterocycles. The summed E-state index contributed by atoms with van der Waals surface area (Å²) >= 11 is 0. The Morgan fingerprint density at radius 3 is 2.61 bits per heavy atom. The molecule has 3 nitrogen and oxygen atoms in total. The first-order valence-corrected chi connectivity index (χ1v) is 6.68. The van der Waals surface area contributed by atoms with Crippen LogP contribution in [0.2, 0.25) is 0 Å². The number of nitrogens with one attached hydrogen (secondary N) is 1. The first-order valence-electron chi connectivity index (χ1n) is 6.68. The lowest BCUT2D eigenvalue weighted by Crippen LogP contribution is -2.15. The summed E-state index contributed by atoms with van der Waals surface area (Å²) in [7, 11) is 3.67. The Hall–Kier alpha value is -1.06. The Balaban J connectivity index is 2.85. The van der Waals surface area contributed by atoms with Crippen molar-refractivity contribution in [2.24, 2.45) is 5.73 Å². The Labute approximate surface area is 111 Å². The number of hydrogen-bond donors (Lipinski definition) is 2. The molecule has 1 aromatic carbocycles. The van der Waals surface area contributed by atoms with Gasteiger partial charge in [-0.25, -0.2) is 0 Å². The molecule has 0 spiro atoms. The molecule has 0 aromatic heterocycles. The standard InChI is InChI=1S/C15H26N2O/c1-11(2)12-7-8-15(18-4)13(10-12)14(16)6-5-9-17-3/h7-8,10-11,14,17H,5-6,9,16H2,1-4H3. The van der Waals surface area contributed by atoms with Gasteiger partial charge in [-0.2, -0.15) is 0 Å². The quantitative estimate of drug-likeness (QED) is 0.732. The van der Waals surface area contributed by atoms with Crippen molar-refractivity contribution in [1.29, 1.82) is 0 Å². The van der Waals surface area contributed by atoms with Gasteiger partial charge in [0.1, 0.15) is 5.75 Å². The molecule has 0 amide bonds. The first kappa shape index (κ1) is 15.0. The minimum absolute atomic E-state index is 0.0481. The summed E-state index contributed by atoms with van der Waals surface area (Å²) in [6.07, 6.45) is 2.05. The molecule has 1 atom stereocenters. The van der Waals surface area contributed by atoms with Crippen LogP contribution in [0.4, 0.5) is 0 Å². The molecule has 0 aliphatic rings. The van der Waals surface area contributed by atoms with Gasteiger partial charge in [-0.3, -0.25) is 0 Å². The molecule has 1 rings (SSSR count). The largest absolute Gasteiger partial charge is 0.496 e. The van der Waals surface area contributed by atoms with Crippen molar-refractivity contribution in [3.8, 4) is 5.75 Å².